The van der Waals surface area contributed by atoms with Crippen molar-refractivity contribution in [3.8, 4) is 0 Å². The number of carboxylic acid groups (broad SMARTS) is 2. The Kier molecular flexibility index (Phi) is 14.9. The second-order valence-electron chi connectivity index (χ2n) is 16.2. The van der Waals surface area contributed by atoms with Crippen molar-refractivity contribution in [2.75, 3.05) is 37.4 Å². The van der Waals surface area contributed by atoms with Crippen LogP contribution in [-0.2, 0) is 39.4 Å². The molecule has 2 atom stereocenters. The third kappa shape index (κ3) is 12.1. The number of nitrogens with two attached hydrogens (primary N) is 2. The van der Waals surface area contributed by atoms with Gasteiger partial charge in [0, 0.05) is 28.2 Å². The first-order valence-electron chi connectivity index (χ1n) is 21.9. The highest BCUT2D eigenvalue weighted by Crippen LogP contribution is 2.31. The Labute approximate surface area is 438 Å². The summed E-state index contributed by atoms with van der Waals surface area (Å²) in [5.74, 6) is -6.48. The van der Waals surface area contributed by atoms with Gasteiger partial charge in [0.1, 0.15) is 9.79 Å². The molecule has 6 aromatic carbocycles. The van der Waals surface area contributed by atoms with Crippen LogP contribution in [0.3, 0.4) is 0 Å². The molecule has 2 heterocycles. The van der Waals surface area contributed by atoms with Gasteiger partial charge in [0.05, 0.1) is 39.8 Å². The largest absolute Gasteiger partial charge is 0.480 e. The molecule has 0 aromatic heterocycles. The van der Waals surface area contributed by atoms with E-state index in [4.69, 9.17) is 11.5 Å². The molecule has 0 saturated heterocycles. The topological polar surface area (TPSA) is 453 Å². The highest BCUT2D eigenvalue weighted by molar-refractivity contribution is 7.86. The van der Waals surface area contributed by atoms with Crippen LogP contribution in [0.2, 0.25) is 0 Å². The van der Waals surface area contributed by atoms with Crippen LogP contribution in [0.15, 0.2) is 179 Å². The summed E-state index contributed by atoms with van der Waals surface area (Å²) in [6.07, 6.45) is 0. The van der Waals surface area contributed by atoms with Gasteiger partial charge in [-0.05, 0) is 121 Å². The number of carbonyl (C=O) groups excluding carboxylic acids is 4. The third-order valence-corrected chi connectivity index (χ3v) is 12.6. The van der Waals surface area contributed by atoms with Crippen LogP contribution in [0.4, 0.5) is 56.9 Å². The number of amidine groups is 1. The zero-order valence-corrected chi connectivity index (χ0v) is 40.8. The summed E-state index contributed by atoms with van der Waals surface area (Å²) in [7, 11) is -10.2. The minimum absolute atomic E-state index is 0.0670. The Morgan fingerprint density at radius 3 is 1.35 bits per heavy atom. The predicted octanol–water partition coefficient (Wildman–Crippen LogP) is 5.39. The predicted molar refractivity (Wildman–Crippen MR) is 278 cm³/mol. The van der Waals surface area contributed by atoms with Crippen LogP contribution in [0.25, 0.3) is 0 Å². The molecule has 0 saturated carbocycles. The number of hydrogen-bond acceptors (Lipinski definition) is 19. The average Bonchev–Trinajstić information content (AvgIpc) is 4.01. The normalized spacial score (nSPS) is 15.8. The standard InChI is InChI=1S/C47H36N14O15S2/c48-25-3-1-5-31(19-25)60-43(64)37(39(58-60)45(66)67)56-54-27-11-7-23(8-12-27)41(62)52-33-17-15-29(21-35(33)77(71,72)73)50-47(70)51-30-16-18-34(36(22-30)78(74,75)76)53-42(63)24-9-13-28(14-10-24)55-57-38-40(46(68)69)59-61(44(38)65)32-6-2-4-26(49)20-32/h1-22,37-38H,48-49H2,(H,52,62)(H,53,63)(H,66,67)(H,68,69)(H2,50,51,70)(H,71,72,73)(H,74,75,76). The van der Waals surface area contributed by atoms with Gasteiger partial charge in [-0.3, -0.25) is 28.3 Å². The second kappa shape index (κ2) is 21.7. The molecule has 8 rings (SSSR count). The van der Waals surface area contributed by atoms with Gasteiger partial charge in [-0.15, -0.1) is 0 Å². The smallest absolute Gasteiger partial charge is 0.355 e. The SMILES string of the molecule is Nc1cccc(N2N=C(C(=O)O)C(N=Nc3ccc(C(=O)Nc4ccc(N=C(O)Nc5ccc(NC(=O)c6ccc(N=NC7C(=O)N(c8cccc(N)c8)N=C7C(=O)O)cc6)c(S(=O)(=O)O)c5)cc4S(=O)(=O)O)cc3)C2=O)c1. The van der Waals surface area contributed by atoms with Crippen molar-refractivity contribution in [1.82, 2.24) is 0 Å². The summed E-state index contributed by atoms with van der Waals surface area (Å²) in [6.45, 7) is 0. The molecule has 2 aliphatic heterocycles. The molecule has 0 spiro atoms. The number of carbonyl (C=O) groups is 6. The second-order valence-corrected chi connectivity index (χ2v) is 19.0. The minimum Gasteiger partial charge on any atom is -0.480 e. The number of hydrazone groups is 2. The van der Waals surface area contributed by atoms with Gasteiger partial charge in [0.25, 0.3) is 49.9 Å². The molecule has 0 aliphatic carbocycles. The van der Waals surface area contributed by atoms with Crippen molar-refractivity contribution in [2.24, 2.45) is 35.7 Å². The van der Waals surface area contributed by atoms with Crippen molar-refractivity contribution in [2.45, 2.75) is 21.9 Å². The van der Waals surface area contributed by atoms with E-state index in [0.717, 1.165) is 46.4 Å². The molecule has 2 unspecified atom stereocenters. The molecule has 0 bridgehead atoms. The Bertz CT molecular complexity index is 3890. The molecule has 31 heteroatoms. The Balaban J connectivity index is 0.906. The number of amides is 4. The zero-order chi connectivity index (χ0) is 56.2. The quantitative estimate of drug-likeness (QED) is 0.0191. The summed E-state index contributed by atoms with van der Waals surface area (Å²) >= 11 is 0. The van der Waals surface area contributed by atoms with Crippen molar-refractivity contribution >= 4 is 130 Å². The lowest BCUT2D eigenvalue weighted by Gasteiger charge is -2.13. The number of anilines is 7. The number of nitrogens with zero attached hydrogens (tertiary/aromatic N) is 9. The van der Waals surface area contributed by atoms with Crippen molar-refractivity contribution in [3.05, 3.63) is 145 Å². The molecule has 29 nitrogen and oxygen atoms in total. The maximum Gasteiger partial charge on any atom is 0.355 e. The zero-order valence-electron chi connectivity index (χ0n) is 39.2. The summed E-state index contributed by atoms with van der Waals surface area (Å²) in [4.78, 5) is 78.4. The van der Waals surface area contributed by atoms with Gasteiger partial charge in [-0.2, -0.15) is 62.5 Å². The first-order chi connectivity index (χ1) is 36.9. The molecule has 2 aliphatic rings. The van der Waals surface area contributed by atoms with Gasteiger partial charge >= 0.3 is 11.9 Å². The maximum absolute atomic E-state index is 13.2. The van der Waals surface area contributed by atoms with Crippen LogP contribution in [0.1, 0.15) is 20.7 Å². The van der Waals surface area contributed by atoms with Crippen molar-refractivity contribution in [3.63, 3.8) is 0 Å². The number of aliphatic hydroxyl groups is 1. The lowest BCUT2D eigenvalue weighted by atomic mass is 10.2. The number of aliphatic imine (C=N–C) groups is 1. The van der Waals surface area contributed by atoms with Gasteiger partial charge in [0.15, 0.2) is 11.4 Å². The summed E-state index contributed by atoms with van der Waals surface area (Å²) in [6, 6.07) is 23.7. The number of carboxylic acids is 2. The number of rotatable bonds is 16. The van der Waals surface area contributed by atoms with Gasteiger partial charge in [0.2, 0.25) is 12.1 Å². The number of aliphatic hydroxyl groups excluding tert-OH is 1. The van der Waals surface area contributed by atoms with E-state index in [9.17, 15) is 70.0 Å². The number of benzene rings is 6. The molecule has 396 valence electrons. The summed E-state index contributed by atoms with van der Waals surface area (Å²) < 4.78 is 70.0. The van der Waals surface area contributed by atoms with Crippen LogP contribution < -0.4 is 37.4 Å². The van der Waals surface area contributed by atoms with Crippen LogP contribution in [-0.4, -0.2) is 106 Å². The molecule has 4 amide bonds. The summed E-state index contributed by atoms with van der Waals surface area (Å²) in [5, 5.41) is 61.9. The van der Waals surface area contributed by atoms with E-state index in [1.54, 1.807) is 12.1 Å². The van der Waals surface area contributed by atoms with E-state index in [-0.39, 0.29) is 45.3 Å². The molecule has 0 radical (unpaired) electrons. The highest BCUT2D eigenvalue weighted by Gasteiger charge is 2.42. The number of aliphatic carboxylic acids is 2. The first-order valence-corrected chi connectivity index (χ1v) is 24.8. The number of nitrogen functional groups attached to an aromatic ring is 2. The van der Waals surface area contributed by atoms with Gasteiger partial charge < -0.3 is 42.7 Å². The lowest BCUT2D eigenvalue weighted by Crippen LogP contribution is -2.33. The van der Waals surface area contributed by atoms with E-state index < -0.39 is 106 Å². The van der Waals surface area contributed by atoms with Crippen LogP contribution in [0.5, 0.6) is 0 Å². The van der Waals surface area contributed by atoms with Crippen molar-refractivity contribution in [1.29, 1.82) is 0 Å². The Morgan fingerprint density at radius 2 is 0.936 bits per heavy atom. The van der Waals surface area contributed by atoms with E-state index >= 15 is 0 Å². The van der Waals surface area contributed by atoms with Crippen molar-refractivity contribution < 1.29 is 70.0 Å². The van der Waals surface area contributed by atoms with Gasteiger partial charge in [-0.1, -0.05) is 12.1 Å². The maximum atomic E-state index is 13.2. The van der Waals surface area contributed by atoms with Gasteiger partial charge in [-0.25, -0.2) is 9.59 Å². The third-order valence-electron chi connectivity index (χ3n) is 10.8. The fraction of sp³-hybridized carbons (Fsp3) is 0.0426. The van der Waals surface area contributed by atoms with Crippen LogP contribution >= 0.6 is 0 Å². The molecular formula is C47H36N14O15S2. The molecule has 12 N–H and O–H groups in total. The molecular weight excluding hydrogens is 1060 g/mol. The van der Waals surface area contributed by atoms with E-state index in [0.29, 0.717) is 11.4 Å². The fourth-order valence-electron chi connectivity index (χ4n) is 7.19. The van der Waals surface area contributed by atoms with Crippen LogP contribution in [0, 0.1) is 0 Å². The lowest BCUT2D eigenvalue weighted by molar-refractivity contribution is -0.130. The minimum atomic E-state index is -5.10. The Hall–Kier alpha value is -10.6. The van der Waals surface area contributed by atoms with E-state index in [2.05, 4.69) is 51.6 Å². The molecule has 78 heavy (non-hydrogen) atoms. The number of hydrogen-bond donors (Lipinski definition) is 10. The van der Waals surface area contributed by atoms with E-state index in [1.807, 2.05) is 0 Å². The first kappa shape index (κ1) is 53.7. The monoisotopic (exact) mass is 1100 g/mol. The summed E-state index contributed by atoms with van der Waals surface area (Å²) in [5.41, 5.74) is 9.89. The highest BCUT2D eigenvalue weighted by atomic mass is 32.2. The molecule has 0 fully saturated rings. The molecule has 6 aromatic rings. The van der Waals surface area contributed by atoms with E-state index in [1.165, 1.54) is 84.9 Å². The number of nitrogens with one attached hydrogen (secondary N) is 3. The Morgan fingerprint density at radius 1 is 0.526 bits per heavy atom. The number of azo groups is 2. The fourth-order valence-corrected chi connectivity index (χ4v) is 8.53. The average molecular weight is 1100 g/mol.